The average molecular weight is 198 g/mol. The molecule has 4 unspecified atom stereocenters. The monoisotopic (exact) mass is 198 g/mol. The van der Waals surface area contributed by atoms with Gasteiger partial charge in [0.15, 0.2) is 0 Å². The van der Waals surface area contributed by atoms with Gasteiger partial charge in [-0.2, -0.15) is 0 Å². The molecule has 3 nitrogen and oxygen atoms in total. The molecular weight excluding hydrogens is 176 g/mol. The third kappa shape index (κ3) is 2.10. The Kier molecular flexibility index (Phi) is 3.10. The molecule has 1 aliphatic heterocycles. The first-order chi connectivity index (χ1) is 6.72. The number of nitrogens with two attached hydrogens (primary N) is 1. The molecule has 3 heteroatoms. The number of hydrogen-bond donors (Lipinski definition) is 1. The highest BCUT2D eigenvalue weighted by Gasteiger charge is 2.40. The summed E-state index contributed by atoms with van der Waals surface area (Å²) in [6.07, 6.45) is 1.67. The highest BCUT2D eigenvalue weighted by atomic mass is 16.5. The van der Waals surface area contributed by atoms with Crippen molar-refractivity contribution in [1.29, 1.82) is 0 Å². The molecule has 2 rings (SSSR count). The van der Waals surface area contributed by atoms with Crippen molar-refractivity contribution in [2.75, 3.05) is 26.2 Å². The Bertz CT molecular complexity index is 198. The van der Waals surface area contributed by atoms with Crippen LogP contribution in [0.4, 0.5) is 0 Å². The fourth-order valence-corrected chi connectivity index (χ4v) is 2.55. The zero-order valence-corrected chi connectivity index (χ0v) is 9.28. The number of rotatable bonds is 3. The zero-order chi connectivity index (χ0) is 10.1. The van der Waals surface area contributed by atoms with Gasteiger partial charge in [-0.05, 0) is 25.2 Å². The molecule has 4 atom stereocenters. The van der Waals surface area contributed by atoms with Gasteiger partial charge in [-0.1, -0.05) is 6.92 Å². The minimum atomic E-state index is 0.264. The molecule has 2 N–H and O–H groups in total. The van der Waals surface area contributed by atoms with E-state index in [4.69, 9.17) is 10.5 Å². The van der Waals surface area contributed by atoms with Gasteiger partial charge in [-0.25, -0.2) is 0 Å². The predicted octanol–water partition coefficient (Wildman–Crippen LogP) is 0.690. The van der Waals surface area contributed by atoms with Gasteiger partial charge in [0.05, 0.1) is 12.7 Å². The zero-order valence-electron chi connectivity index (χ0n) is 9.28. The second kappa shape index (κ2) is 4.17. The summed E-state index contributed by atoms with van der Waals surface area (Å²) in [7, 11) is 0. The molecule has 1 aliphatic carbocycles. The quantitative estimate of drug-likeness (QED) is 0.725. The van der Waals surface area contributed by atoms with E-state index >= 15 is 0 Å². The van der Waals surface area contributed by atoms with Gasteiger partial charge in [-0.15, -0.1) is 0 Å². The van der Waals surface area contributed by atoms with Crippen LogP contribution in [0, 0.1) is 11.8 Å². The van der Waals surface area contributed by atoms with Crippen molar-refractivity contribution >= 4 is 0 Å². The molecular formula is C11H22N2O. The first kappa shape index (κ1) is 10.4. The van der Waals surface area contributed by atoms with E-state index in [1.54, 1.807) is 0 Å². The first-order valence-electron chi connectivity index (χ1n) is 5.78. The molecule has 0 spiro atoms. The molecule has 0 radical (unpaired) electrons. The number of nitrogens with zero attached hydrogens (tertiary/aromatic N) is 1. The third-order valence-corrected chi connectivity index (χ3v) is 3.80. The van der Waals surface area contributed by atoms with Crippen LogP contribution in [0.25, 0.3) is 0 Å². The van der Waals surface area contributed by atoms with E-state index < -0.39 is 0 Å². The van der Waals surface area contributed by atoms with Crippen molar-refractivity contribution in [2.45, 2.75) is 32.4 Å². The van der Waals surface area contributed by atoms with Crippen molar-refractivity contribution in [3.05, 3.63) is 0 Å². The van der Waals surface area contributed by atoms with E-state index in [-0.39, 0.29) is 6.10 Å². The van der Waals surface area contributed by atoms with Crippen LogP contribution in [0.2, 0.25) is 0 Å². The normalized spacial score (nSPS) is 40.9. The minimum absolute atomic E-state index is 0.264. The topological polar surface area (TPSA) is 38.5 Å². The predicted molar refractivity (Wildman–Crippen MR) is 57.1 cm³/mol. The summed E-state index contributed by atoms with van der Waals surface area (Å²) in [5.41, 5.74) is 5.63. The van der Waals surface area contributed by atoms with Crippen LogP contribution in [0.15, 0.2) is 0 Å². The van der Waals surface area contributed by atoms with Crippen molar-refractivity contribution in [1.82, 2.24) is 4.90 Å². The molecule has 0 aromatic heterocycles. The summed E-state index contributed by atoms with van der Waals surface area (Å²) in [4.78, 5) is 2.55. The standard InChI is InChI=1S/C11H22N2O/c1-8-5-11(8)9(2)13-3-4-14-10(6-12)7-13/h8-11H,3-7,12H2,1-2H3. The van der Waals surface area contributed by atoms with Gasteiger partial charge in [0.2, 0.25) is 0 Å². The molecule has 2 fully saturated rings. The Labute approximate surface area is 86.6 Å². The molecule has 2 aliphatic rings. The summed E-state index contributed by atoms with van der Waals surface area (Å²) >= 11 is 0. The van der Waals surface area contributed by atoms with Crippen molar-refractivity contribution in [2.24, 2.45) is 17.6 Å². The van der Waals surface area contributed by atoms with Crippen LogP contribution < -0.4 is 5.73 Å². The van der Waals surface area contributed by atoms with Crippen LogP contribution in [-0.2, 0) is 4.74 Å². The Morgan fingerprint density at radius 2 is 2.29 bits per heavy atom. The minimum Gasteiger partial charge on any atom is -0.374 e. The van der Waals surface area contributed by atoms with Gasteiger partial charge < -0.3 is 10.5 Å². The van der Waals surface area contributed by atoms with Crippen molar-refractivity contribution in [3.63, 3.8) is 0 Å². The second-order valence-corrected chi connectivity index (χ2v) is 4.84. The van der Waals surface area contributed by atoms with Gasteiger partial charge in [0.1, 0.15) is 0 Å². The van der Waals surface area contributed by atoms with E-state index in [9.17, 15) is 0 Å². The number of morpholine rings is 1. The smallest absolute Gasteiger partial charge is 0.0824 e. The van der Waals surface area contributed by atoms with E-state index in [1.165, 1.54) is 6.42 Å². The fraction of sp³-hybridized carbons (Fsp3) is 1.00. The number of ether oxygens (including phenoxy) is 1. The van der Waals surface area contributed by atoms with E-state index in [1.807, 2.05) is 0 Å². The van der Waals surface area contributed by atoms with E-state index in [0.717, 1.165) is 37.6 Å². The first-order valence-corrected chi connectivity index (χ1v) is 5.78. The Balaban J connectivity index is 1.84. The largest absolute Gasteiger partial charge is 0.374 e. The van der Waals surface area contributed by atoms with Gasteiger partial charge in [0.25, 0.3) is 0 Å². The summed E-state index contributed by atoms with van der Waals surface area (Å²) in [5.74, 6) is 1.86. The highest BCUT2D eigenvalue weighted by molar-refractivity contribution is 4.92. The average Bonchev–Trinajstić information content (AvgIpc) is 2.94. The highest BCUT2D eigenvalue weighted by Crippen LogP contribution is 2.42. The maximum Gasteiger partial charge on any atom is 0.0824 e. The van der Waals surface area contributed by atoms with Crippen molar-refractivity contribution in [3.8, 4) is 0 Å². The molecule has 82 valence electrons. The second-order valence-electron chi connectivity index (χ2n) is 4.84. The summed E-state index contributed by atoms with van der Waals surface area (Å²) in [5, 5.41) is 0. The van der Waals surface area contributed by atoms with E-state index in [2.05, 4.69) is 18.7 Å². The molecule has 0 aromatic rings. The summed E-state index contributed by atoms with van der Waals surface area (Å²) in [6.45, 7) is 8.33. The van der Waals surface area contributed by atoms with Crippen LogP contribution in [-0.4, -0.2) is 43.3 Å². The third-order valence-electron chi connectivity index (χ3n) is 3.80. The molecule has 0 aromatic carbocycles. The van der Waals surface area contributed by atoms with Crippen LogP contribution in [0.5, 0.6) is 0 Å². The Morgan fingerprint density at radius 1 is 1.57 bits per heavy atom. The van der Waals surface area contributed by atoms with Gasteiger partial charge >= 0.3 is 0 Å². The SMILES string of the molecule is CC1CC1C(C)N1CCOC(CN)C1. The molecule has 0 amide bonds. The molecule has 1 saturated heterocycles. The lowest BCUT2D eigenvalue weighted by Gasteiger charge is -2.36. The van der Waals surface area contributed by atoms with Gasteiger partial charge in [-0.3, -0.25) is 4.90 Å². The summed E-state index contributed by atoms with van der Waals surface area (Å²) < 4.78 is 5.57. The molecule has 0 bridgehead atoms. The fourth-order valence-electron chi connectivity index (χ4n) is 2.55. The van der Waals surface area contributed by atoms with Crippen LogP contribution >= 0.6 is 0 Å². The maximum atomic E-state index is 5.63. The Hall–Kier alpha value is -0.120. The van der Waals surface area contributed by atoms with Crippen LogP contribution in [0.1, 0.15) is 20.3 Å². The summed E-state index contributed by atoms with van der Waals surface area (Å²) in [6, 6.07) is 0.725. The van der Waals surface area contributed by atoms with E-state index in [0.29, 0.717) is 6.54 Å². The maximum absolute atomic E-state index is 5.63. The lowest BCUT2D eigenvalue weighted by molar-refractivity contribution is -0.0394. The Morgan fingerprint density at radius 3 is 2.86 bits per heavy atom. The van der Waals surface area contributed by atoms with Gasteiger partial charge in [0, 0.05) is 25.7 Å². The van der Waals surface area contributed by atoms with Crippen molar-refractivity contribution < 1.29 is 4.74 Å². The molecule has 1 saturated carbocycles. The number of hydrogen-bond acceptors (Lipinski definition) is 3. The lowest BCUT2D eigenvalue weighted by atomic mass is 10.1. The van der Waals surface area contributed by atoms with Crippen LogP contribution in [0.3, 0.4) is 0 Å². The lowest BCUT2D eigenvalue weighted by Crippen LogP contribution is -2.49. The molecule has 1 heterocycles. The molecule has 14 heavy (non-hydrogen) atoms.